The van der Waals surface area contributed by atoms with Gasteiger partial charge in [-0.3, -0.25) is 19.4 Å². The summed E-state index contributed by atoms with van der Waals surface area (Å²) in [5.74, 6) is 2.33. The molecule has 2 aromatic heterocycles. The van der Waals surface area contributed by atoms with E-state index < -0.39 is 0 Å². The average molecular weight is 419 g/mol. The van der Waals surface area contributed by atoms with Crippen LogP contribution in [-0.2, 0) is 11.8 Å². The molecule has 0 radical (unpaired) electrons. The highest BCUT2D eigenvalue weighted by atomic mass is 16.5. The second kappa shape index (κ2) is 6.35. The van der Waals surface area contributed by atoms with E-state index in [0.717, 1.165) is 24.3 Å². The Bertz CT molecular complexity index is 1280. The van der Waals surface area contributed by atoms with Crippen molar-refractivity contribution in [2.24, 2.45) is 18.4 Å². The molecule has 0 aliphatic heterocycles. The number of aromatic amines is 1. The lowest BCUT2D eigenvalue weighted by Crippen LogP contribution is -2.19. The first-order valence-corrected chi connectivity index (χ1v) is 10.8. The Morgan fingerprint density at radius 2 is 2.03 bits per heavy atom. The molecule has 8 nitrogen and oxygen atoms in total. The van der Waals surface area contributed by atoms with Crippen LogP contribution in [0.5, 0.6) is 5.75 Å². The summed E-state index contributed by atoms with van der Waals surface area (Å²) in [5.41, 5.74) is 2.71. The van der Waals surface area contributed by atoms with Crippen molar-refractivity contribution >= 4 is 34.1 Å². The number of methoxy groups -OCH3 is 1. The van der Waals surface area contributed by atoms with Crippen LogP contribution in [0, 0.1) is 11.3 Å². The van der Waals surface area contributed by atoms with Crippen molar-refractivity contribution in [1.82, 2.24) is 14.8 Å². The van der Waals surface area contributed by atoms with Crippen molar-refractivity contribution in [1.29, 1.82) is 0 Å². The van der Waals surface area contributed by atoms with Crippen LogP contribution in [-0.4, -0.2) is 27.8 Å². The number of H-pyrrole nitrogens is 1. The summed E-state index contributed by atoms with van der Waals surface area (Å²) in [4.78, 5) is 29.8. The van der Waals surface area contributed by atoms with Gasteiger partial charge in [0.2, 0.25) is 5.91 Å². The maximum atomic E-state index is 12.7. The van der Waals surface area contributed by atoms with Crippen molar-refractivity contribution in [2.75, 3.05) is 17.7 Å². The fourth-order valence-corrected chi connectivity index (χ4v) is 4.65. The number of hydrogen-bond donors (Lipinski definition) is 3. The van der Waals surface area contributed by atoms with Gasteiger partial charge in [-0.1, -0.05) is 12.5 Å². The van der Waals surface area contributed by atoms with Crippen molar-refractivity contribution in [3.63, 3.8) is 0 Å². The van der Waals surface area contributed by atoms with Gasteiger partial charge in [0.05, 0.1) is 23.9 Å². The molecule has 0 spiro atoms. The van der Waals surface area contributed by atoms with Gasteiger partial charge in [0.1, 0.15) is 17.0 Å². The van der Waals surface area contributed by atoms with Crippen molar-refractivity contribution < 1.29 is 9.53 Å². The van der Waals surface area contributed by atoms with Gasteiger partial charge in [0.15, 0.2) is 5.65 Å². The number of amides is 1. The zero-order valence-corrected chi connectivity index (χ0v) is 17.6. The highest BCUT2D eigenvalue weighted by Gasteiger charge is 2.74. The number of rotatable bonds is 6. The highest BCUT2D eigenvalue weighted by Crippen LogP contribution is 2.75. The summed E-state index contributed by atoms with van der Waals surface area (Å²) in [7, 11) is 3.30. The van der Waals surface area contributed by atoms with E-state index in [2.05, 4.69) is 32.8 Å². The Hall–Kier alpha value is -3.29. The number of aromatic nitrogens is 3. The predicted octanol–water partition coefficient (Wildman–Crippen LogP) is 3.63. The Morgan fingerprint density at radius 1 is 1.26 bits per heavy atom. The molecule has 160 valence electrons. The van der Waals surface area contributed by atoms with Gasteiger partial charge in [-0.05, 0) is 55.2 Å². The third kappa shape index (κ3) is 2.85. The first-order chi connectivity index (χ1) is 15.0. The minimum atomic E-state index is -0.184. The molecule has 3 aliphatic carbocycles. The minimum Gasteiger partial charge on any atom is -0.495 e. The van der Waals surface area contributed by atoms with Crippen LogP contribution >= 0.6 is 0 Å². The molecule has 3 aliphatic rings. The third-order valence-electron chi connectivity index (χ3n) is 7.26. The molecule has 2 heterocycles. The van der Waals surface area contributed by atoms with Crippen LogP contribution in [0.1, 0.15) is 43.6 Å². The molecular weight excluding hydrogens is 394 g/mol. The molecule has 1 aromatic carbocycles. The summed E-state index contributed by atoms with van der Waals surface area (Å²) >= 11 is 0. The van der Waals surface area contributed by atoms with Gasteiger partial charge in [-0.15, -0.1) is 0 Å². The van der Waals surface area contributed by atoms with Crippen LogP contribution in [0.15, 0.2) is 29.1 Å². The Morgan fingerprint density at radius 3 is 2.68 bits per heavy atom. The Labute approximate surface area is 179 Å². The number of carbonyl (C=O) groups is 1. The van der Waals surface area contributed by atoms with E-state index in [-0.39, 0.29) is 16.9 Å². The number of anilines is 3. The van der Waals surface area contributed by atoms with Crippen LogP contribution in [0.2, 0.25) is 0 Å². The standard InChI is InChI=1S/C23H25N5O3/c1-28-21(29)19-16(24-15-7-6-13(8-17(15)31-2)12-4-3-5-12)9-18(25-20(19)27-28)26-22(30)23-10-14(23)11-23/h6-9,12,14H,3-5,10-11H2,1-2H3,(H3,24,25,26,27,30). The number of benzene rings is 1. The van der Waals surface area contributed by atoms with Crippen LogP contribution in [0.4, 0.5) is 17.2 Å². The second-order valence-corrected chi connectivity index (χ2v) is 9.18. The molecule has 6 rings (SSSR count). The monoisotopic (exact) mass is 419 g/mol. The van der Waals surface area contributed by atoms with E-state index in [1.54, 1.807) is 20.2 Å². The molecule has 0 atom stereocenters. The first-order valence-electron chi connectivity index (χ1n) is 10.8. The molecule has 0 unspecified atom stereocenters. The van der Waals surface area contributed by atoms with Crippen LogP contribution < -0.4 is 20.9 Å². The fraction of sp³-hybridized carbons (Fsp3) is 0.435. The molecule has 8 heteroatoms. The van der Waals surface area contributed by atoms with Crippen molar-refractivity contribution in [3.8, 4) is 5.75 Å². The molecule has 3 fully saturated rings. The van der Waals surface area contributed by atoms with E-state index in [1.807, 2.05) is 6.07 Å². The number of nitrogens with zero attached hydrogens (tertiary/aromatic N) is 2. The number of hydrogen-bond acceptors (Lipinski definition) is 5. The van der Waals surface area contributed by atoms with Crippen LogP contribution in [0.25, 0.3) is 11.0 Å². The Kier molecular flexibility index (Phi) is 3.79. The lowest BCUT2D eigenvalue weighted by atomic mass is 9.80. The molecule has 0 saturated heterocycles. The highest BCUT2D eigenvalue weighted by molar-refractivity contribution is 6.02. The van der Waals surface area contributed by atoms with Gasteiger partial charge in [0, 0.05) is 13.1 Å². The minimum absolute atomic E-state index is 0.0241. The molecule has 1 amide bonds. The summed E-state index contributed by atoms with van der Waals surface area (Å²) in [5, 5.41) is 9.71. The predicted molar refractivity (Wildman–Crippen MR) is 118 cm³/mol. The quantitative estimate of drug-likeness (QED) is 0.566. The van der Waals surface area contributed by atoms with Gasteiger partial charge in [-0.2, -0.15) is 0 Å². The average Bonchev–Trinajstić information content (AvgIpc) is 3.55. The largest absolute Gasteiger partial charge is 0.495 e. The van der Waals surface area contributed by atoms with E-state index >= 15 is 0 Å². The van der Waals surface area contributed by atoms with E-state index in [9.17, 15) is 9.59 Å². The van der Waals surface area contributed by atoms with Gasteiger partial charge < -0.3 is 15.4 Å². The molecule has 3 aromatic rings. The number of ether oxygens (including phenoxy) is 1. The van der Waals surface area contributed by atoms with E-state index in [1.165, 1.54) is 29.5 Å². The molecule has 3 N–H and O–H groups in total. The summed E-state index contributed by atoms with van der Waals surface area (Å²) in [6.07, 6.45) is 5.64. The smallest absolute Gasteiger partial charge is 0.277 e. The normalized spacial score (nSPS) is 23.7. The third-order valence-corrected chi connectivity index (χ3v) is 7.26. The van der Waals surface area contributed by atoms with Gasteiger partial charge in [0.25, 0.3) is 5.56 Å². The molecule has 0 bridgehead atoms. The first kappa shape index (κ1) is 18.5. The maximum Gasteiger partial charge on any atom is 0.277 e. The van der Waals surface area contributed by atoms with E-state index in [4.69, 9.17) is 4.74 Å². The number of fused-ring (bicyclic) bond motifs is 2. The van der Waals surface area contributed by atoms with Crippen LogP contribution in [0.3, 0.4) is 0 Å². The summed E-state index contributed by atoms with van der Waals surface area (Å²) in [6, 6.07) is 7.91. The molecule has 31 heavy (non-hydrogen) atoms. The number of pyridine rings is 1. The van der Waals surface area contributed by atoms with Gasteiger partial charge in [-0.25, -0.2) is 4.98 Å². The van der Waals surface area contributed by atoms with Crippen molar-refractivity contribution in [3.05, 3.63) is 40.2 Å². The topological polar surface area (TPSA) is 101 Å². The number of aryl methyl sites for hydroxylation is 1. The number of carbonyl (C=O) groups excluding carboxylic acids is 1. The zero-order chi connectivity index (χ0) is 21.3. The summed E-state index contributed by atoms with van der Waals surface area (Å²) in [6.45, 7) is 0. The Balaban J connectivity index is 1.38. The van der Waals surface area contributed by atoms with E-state index in [0.29, 0.717) is 34.4 Å². The second-order valence-electron chi connectivity index (χ2n) is 9.18. The SMILES string of the molecule is COc1cc(C2CCC2)ccc1Nc1cc(NC(=O)C23CC2C3)nc2[nH]n(C)c(=O)c12. The summed E-state index contributed by atoms with van der Waals surface area (Å²) < 4.78 is 7.03. The fourth-order valence-electron chi connectivity index (χ4n) is 4.65. The number of nitrogens with one attached hydrogen (secondary N) is 3. The maximum absolute atomic E-state index is 12.7. The zero-order valence-electron chi connectivity index (χ0n) is 17.6. The van der Waals surface area contributed by atoms with Crippen molar-refractivity contribution in [2.45, 2.75) is 38.0 Å². The lowest BCUT2D eigenvalue weighted by molar-refractivity contribution is -0.119. The lowest BCUT2D eigenvalue weighted by Gasteiger charge is -2.26. The molecular formula is C23H25N5O3. The van der Waals surface area contributed by atoms with Gasteiger partial charge >= 0.3 is 0 Å². The molecule has 3 saturated carbocycles.